The van der Waals surface area contributed by atoms with E-state index in [1.54, 1.807) is 31.2 Å². The summed E-state index contributed by atoms with van der Waals surface area (Å²) in [6, 6.07) is 13.3. The molecule has 3 aromatic rings. The van der Waals surface area contributed by atoms with E-state index in [2.05, 4.69) is 4.98 Å². The first-order chi connectivity index (χ1) is 18.3. The molecule has 0 bridgehead atoms. The van der Waals surface area contributed by atoms with Crippen LogP contribution in [0.5, 0.6) is 11.5 Å². The molecule has 0 aliphatic carbocycles. The van der Waals surface area contributed by atoms with Gasteiger partial charge in [0.25, 0.3) is 5.91 Å². The van der Waals surface area contributed by atoms with Gasteiger partial charge in [-0.05, 0) is 50.1 Å². The Kier molecular flexibility index (Phi) is 8.07. The van der Waals surface area contributed by atoms with Crippen molar-refractivity contribution in [2.75, 3.05) is 18.1 Å². The molecule has 0 saturated carbocycles. The first-order valence-corrected chi connectivity index (χ1v) is 13.0. The Hall–Kier alpha value is -4.24. The number of thiazole rings is 1. The lowest BCUT2D eigenvalue weighted by Gasteiger charge is -2.25. The van der Waals surface area contributed by atoms with Gasteiger partial charge in [0.1, 0.15) is 0 Å². The molecule has 1 aliphatic heterocycles. The average molecular weight is 533 g/mol. The van der Waals surface area contributed by atoms with E-state index in [0.29, 0.717) is 40.8 Å². The van der Waals surface area contributed by atoms with Crippen molar-refractivity contribution < 1.29 is 29.0 Å². The predicted molar refractivity (Wildman–Crippen MR) is 146 cm³/mol. The minimum atomic E-state index is -1.00. The largest absolute Gasteiger partial charge is 0.503 e. The molecule has 38 heavy (non-hydrogen) atoms. The van der Waals surface area contributed by atoms with Crippen LogP contribution in [0.4, 0.5) is 5.13 Å². The molecular formula is C29H28N2O6S. The zero-order chi connectivity index (χ0) is 27.4. The molecule has 1 aromatic heterocycles. The number of Topliss-reactive ketones (excluding diaryl/α,β-unsaturated/α-hetero) is 1. The van der Waals surface area contributed by atoms with E-state index in [1.165, 1.54) is 17.9 Å². The maximum absolute atomic E-state index is 13.5. The van der Waals surface area contributed by atoms with Gasteiger partial charge in [-0.2, -0.15) is 0 Å². The van der Waals surface area contributed by atoms with E-state index in [4.69, 9.17) is 9.47 Å². The van der Waals surface area contributed by atoms with E-state index in [-0.39, 0.29) is 16.5 Å². The third-order valence-corrected chi connectivity index (χ3v) is 7.15. The summed E-state index contributed by atoms with van der Waals surface area (Å²) in [4.78, 5) is 45.1. The molecule has 0 saturated heterocycles. The van der Waals surface area contributed by atoms with Gasteiger partial charge >= 0.3 is 0 Å². The Labute approximate surface area is 224 Å². The highest BCUT2D eigenvalue weighted by Crippen LogP contribution is 2.45. The summed E-state index contributed by atoms with van der Waals surface area (Å²) in [5, 5.41) is 11.2. The van der Waals surface area contributed by atoms with Gasteiger partial charge in [0.05, 0.1) is 35.4 Å². The Morgan fingerprint density at radius 3 is 2.39 bits per heavy atom. The van der Waals surface area contributed by atoms with Crippen LogP contribution in [0.15, 0.2) is 65.9 Å². The number of allylic oxidation sites excluding steroid dienone is 1. The Balaban J connectivity index is 1.85. The van der Waals surface area contributed by atoms with Gasteiger partial charge in [0, 0.05) is 6.92 Å². The van der Waals surface area contributed by atoms with Gasteiger partial charge in [-0.3, -0.25) is 19.3 Å². The van der Waals surface area contributed by atoms with Crippen molar-refractivity contribution in [1.29, 1.82) is 0 Å². The monoisotopic (exact) mass is 532 g/mol. The molecule has 8 nitrogen and oxygen atoms in total. The molecule has 2 heterocycles. The van der Waals surface area contributed by atoms with Crippen LogP contribution in [0.25, 0.3) is 6.08 Å². The van der Waals surface area contributed by atoms with Crippen molar-refractivity contribution in [3.63, 3.8) is 0 Å². The van der Waals surface area contributed by atoms with Gasteiger partial charge in [0.2, 0.25) is 0 Å². The number of ketones is 2. The number of hydrogen-bond acceptors (Lipinski definition) is 8. The maximum atomic E-state index is 13.5. The van der Waals surface area contributed by atoms with Crippen molar-refractivity contribution in [3.05, 3.63) is 87.6 Å². The molecule has 1 amide bonds. The van der Waals surface area contributed by atoms with Crippen molar-refractivity contribution in [1.82, 2.24) is 4.98 Å². The standard InChI is InChI=1S/C29H28N2O6S/c1-5-36-22-15-13-20(16-23(22)37-6-2)25-24(21(33)14-12-19-10-8-7-9-11-19)26(34)28(35)31(25)29-30-17(3)27(38-29)18(4)32/h7-16,25,34H,5-6H2,1-4H3/b14-12+. The van der Waals surface area contributed by atoms with Crippen molar-refractivity contribution in [2.45, 2.75) is 33.7 Å². The van der Waals surface area contributed by atoms with Crippen LogP contribution in [0.2, 0.25) is 0 Å². The Bertz CT molecular complexity index is 1440. The summed E-state index contributed by atoms with van der Waals surface area (Å²) in [6.07, 6.45) is 2.95. The molecule has 4 rings (SSSR count). The summed E-state index contributed by atoms with van der Waals surface area (Å²) in [7, 11) is 0. The zero-order valence-electron chi connectivity index (χ0n) is 21.6. The van der Waals surface area contributed by atoms with Crippen LogP contribution >= 0.6 is 11.3 Å². The first-order valence-electron chi connectivity index (χ1n) is 12.2. The van der Waals surface area contributed by atoms with Crippen molar-refractivity contribution in [2.24, 2.45) is 0 Å². The van der Waals surface area contributed by atoms with Gasteiger partial charge in [-0.1, -0.05) is 53.8 Å². The van der Waals surface area contributed by atoms with Crippen molar-refractivity contribution >= 4 is 40.0 Å². The number of benzene rings is 2. The van der Waals surface area contributed by atoms with Crippen LogP contribution < -0.4 is 14.4 Å². The maximum Gasteiger partial charge on any atom is 0.296 e. The number of carbonyl (C=O) groups is 3. The Morgan fingerprint density at radius 2 is 1.76 bits per heavy atom. The number of nitrogens with zero attached hydrogens (tertiary/aromatic N) is 2. The van der Waals surface area contributed by atoms with E-state index in [0.717, 1.165) is 16.9 Å². The molecule has 1 N–H and O–H groups in total. The molecule has 0 spiro atoms. The van der Waals surface area contributed by atoms with E-state index < -0.39 is 23.5 Å². The van der Waals surface area contributed by atoms with E-state index in [1.807, 2.05) is 44.2 Å². The molecule has 0 radical (unpaired) electrons. The lowest BCUT2D eigenvalue weighted by atomic mass is 9.95. The second-order valence-corrected chi connectivity index (χ2v) is 9.47. The molecule has 1 unspecified atom stereocenters. The highest BCUT2D eigenvalue weighted by molar-refractivity contribution is 7.17. The highest BCUT2D eigenvalue weighted by atomic mass is 32.1. The minimum Gasteiger partial charge on any atom is -0.503 e. The second kappa shape index (κ2) is 11.4. The average Bonchev–Trinajstić information content (AvgIpc) is 3.41. The topological polar surface area (TPSA) is 106 Å². The van der Waals surface area contributed by atoms with Crippen LogP contribution in [-0.4, -0.2) is 40.8 Å². The van der Waals surface area contributed by atoms with E-state index >= 15 is 0 Å². The molecule has 9 heteroatoms. The molecule has 196 valence electrons. The Morgan fingerprint density at radius 1 is 1.08 bits per heavy atom. The number of rotatable bonds is 10. The number of ether oxygens (including phenoxy) is 2. The zero-order valence-corrected chi connectivity index (χ0v) is 22.4. The second-order valence-electron chi connectivity index (χ2n) is 8.49. The fourth-order valence-electron chi connectivity index (χ4n) is 4.25. The normalized spacial score (nSPS) is 15.4. The predicted octanol–water partition coefficient (Wildman–Crippen LogP) is 5.63. The van der Waals surface area contributed by atoms with E-state index in [9.17, 15) is 19.5 Å². The minimum absolute atomic E-state index is 0.0917. The number of hydrogen-bond donors (Lipinski definition) is 1. The first kappa shape index (κ1) is 26.8. The highest BCUT2D eigenvalue weighted by Gasteiger charge is 2.45. The number of aliphatic hydroxyl groups is 1. The molecule has 0 fully saturated rings. The fraction of sp³-hybridized carbons (Fsp3) is 0.241. The summed E-state index contributed by atoms with van der Waals surface area (Å²) in [5.41, 5.74) is 1.68. The number of carbonyl (C=O) groups excluding carboxylic acids is 3. The summed E-state index contributed by atoms with van der Waals surface area (Å²) in [5.74, 6) is -1.20. The van der Waals surface area contributed by atoms with Crippen LogP contribution in [0.3, 0.4) is 0 Å². The van der Waals surface area contributed by atoms with Crippen LogP contribution in [0.1, 0.15) is 53.3 Å². The number of aromatic nitrogens is 1. The summed E-state index contributed by atoms with van der Waals surface area (Å²) < 4.78 is 11.5. The quantitative estimate of drug-likeness (QED) is 0.266. The SMILES string of the molecule is CCOc1ccc(C2C(C(=O)/C=C/c3ccccc3)=C(O)C(=O)N2c2nc(C)c(C(C)=O)s2)cc1OCC. The van der Waals surface area contributed by atoms with Gasteiger partial charge in [-0.25, -0.2) is 4.98 Å². The third-order valence-electron chi connectivity index (χ3n) is 5.89. The van der Waals surface area contributed by atoms with Crippen LogP contribution in [0, 0.1) is 6.92 Å². The van der Waals surface area contributed by atoms with Crippen LogP contribution in [-0.2, 0) is 9.59 Å². The summed E-state index contributed by atoms with van der Waals surface area (Å²) in [6.45, 7) is 7.59. The molecular weight excluding hydrogens is 504 g/mol. The number of anilines is 1. The van der Waals surface area contributed by atoms with Gasteiger partial charge in [-0.15, -0.1) is 0 Å². The lowest BCUT2D eigenvalue weighted by Crippen LogP contribution is -2.30. The fourth-order valence-corrected chi connectivity index (χ4v) is 5.23. The molecule has 1 atom stereocenters. The summed E-state index contributed by atoms with van der Waals surface area (Å²) >= 11 is 1.04. The number of amides is 1. The van der Waals surface area contributed by atoms with Gasteiger partial charge in [0.15, 0.2) is 34.0 Å². The number of aliphatic hydroxyl groups excluding tert-OH is 1. The van der Waals surface area contributed by atoms with Gasteiger partial charge < -0.3 is 14.6 Å². The third kappa shape index (κ3) is 5.24. The lowest BCUT2D eigenvalue weighted by molar-refractivity contribution is -0.117. The number of aryl methyl sites for hydroxylation is 1. The molecule has 1 aliphatic rings. The molecule has 2 aromatic carbocycles. The van der Waals surface area contributed by atoms with Crippen molar-refractivity contribution in [3.8, 4) is 11.5 Å². The smallest absolute Gasteiger partial charge is 0.296 e.